The molecule has 0 aromatic carbocycles. The van der Waals surface area contributed by atoms with E-state index in [0.29, 0.717) is 19.0 Å². The van der Waals surface area contributed by atoms with Crippen LogP contribution >= 0.6 is 0 Å². The maximum absolute atomic E-state index is 10.7. The minimum Gasteiger partial charge on any atom is -0.478 e. The number of rotatable bonds is 5. The third-order valence-electron chi connectivity index (χ3n) is 2.63. The molecule has 0 aliphatic rings. The van der Waals surface area contributed by atoms with E-state index >= 15 is 0 Å². The number of aromatic carboxylic acids is 1. The van der Waals surface area contributed by atoms with Crippen LogP contribution < -0.4 is 4.90 Å². The van der Waals surface area contributed by atoms with Gasteiger partial charge in [0.15, 0.2) is 0 Å². The molecule has 98 valence electrons. The molecule has 0 saturated carbocycles. The van der Waals surface area contributed by atoms with Gasteiger partial charge in [-0.2, -0.15) is 0 Å². The van der Waals surface area contributed by atoms with Gasteiger partial charge >= 0.3 is 5.97 Å². The highest BCUT2D eigenvalue weighted by Crippen LogP contribution is 2.10. The molecule has 19 heavy (non-hydrogen) atoms. The Kier molecular flexibility index (Phi) is 4.02. The molecule has 2 aromatic rings. The van der Waals surface area contributed by atoms with Crippen LogP contribution in [-0.2, 0) is 6.54 Å². The average molecular weight is 258 g/mol. The number of carboxylic acids is 1. The largest absolute Gasteiger partial charge is 0.478 e. The number of nitrogens with zero attached hydrogens (tertiary/aromatic N) is 4. The maximum Gasteiger partial charge on any atom is 0.338 e. The highest BCUT2D eigenvalue weighted by molar-refractivity contribution is 5.86. The summed E-state index contributed by atoms with van der Waals surface area (Å²) in [6.07, 6.45) is 4.36. The van der Waals surface area contributed by atoms with Crippen molar-refractivity contribution >= 4 is 11.9 Å². The van der Waals surface area contributed by atoms with Crippen LogP contribution in [0, 0.1) is 0 Å². The highest BCUT2D eigenvalue weighted by Gasteiger charge is 2.10. The van der Waals surface area contributed by atoms with Gasteiger partial charge in [-0.15, -0.1) is 0 Å². The average Bonchev–Trinajstić information content (AvgIpc) is 2.46. The number of hydrogen-bond donors (Lipinski definition) is 1. The first-order valence-electron chi connectivity index (χ1n) is 5.91. The molecule has 0 unspecified atom stereocenters. The third-order valence-corrected chi connectivity index (χ3v) is 2.63. The van der Waals surface area contributed by atoms with Crippen molar-refractivity contribution in [1.29, 1.82) is 0 Å². The normalized spacial score (nSPS) is 10.2. The molecule has 0 bridgehead atoms. The van der Waals surface area contributed by atoms with Crippen LogP contribution in [0.15, 0.2) is 36.8 Å². The third kappa shape index (κ3) is 3.25. The lowest BCUT2D eigenvalue weighted by molar-refractivity contribution is 0.0696. The molecule has 2 rings (SSSR count). The molecule has 6 nitrogen and oxygen atoms in total. The zero-order chi connectivity index (χ0) is 13.7. The van der Waals surface area contributed by atoms with Crippen LogP contribution in [0.3, 0.4) is 0 Å². The van der Waals surface area contributed by atoms with Crippen LogP contribution in [0.4, 0.5) is 5.95 Å². The Morgan fingerprint density at radius 2 is 2.00 bits per heavy atom. The Morgan fingerprint density at radius 1 is 1.26 bits per heavy atom. The van der Waals surface area contributed by atoms with E-state index in [1.807, 2.05) is 30.0 Å². The van der Waals surface area contributed by atoms with Crippen molar-refractivity contribution in [1.82, 2.24) is 15.0 Å². The first-order chi connectivity index (χ1) is 9.20. The van der Waals surface area contributed by atoms with Crippen molar-refractivity contribution in [2.24, 2.45) is 0 Å². The lowest BCUT2D eigenvalue weighted by Crippen LogP contribution is -2.24. The number of anilines is 1. The molecule has 0 saturated heterocycles. The molecule has 2 heterocycles. The summed E-state index contributed by atoms with van der Waals surface area (Å²) < 4.78 is 0. The number of carbonyl (C=O) groups is 1. The van der Waals surface area contributed by atoms with Crippen molar-refractivity contribution in [3.05, 3.63) is 48.0 Å². The standard InChI is InChI=1S/C13H14N4O2/c1-2-17(9-11-5-3-4-6-14-11)13-15-7-10(8-16-13)12(18)19/h3-8H,2,9H2,1H3,(H,18,19). The van der Waals surface area contributed by atoms with E-state index in [-0.39, 0.29) is 5.56 Å². The van der Waals surface area contributed by atoms with Crippen LogP contribution in [0.25, 0.3) is 0 Å². The van der Waals surface area contributed by atoms with E-state index in [9.17, 15) is 4.79 Å². The Bertz CT molecular complexity index is 542. The Balaban J connectivity index is 2.15. The van der Waals surface area contributed by atoms with Gasteiger partial charge in [-0.1, -0.05) is 6.07 Å². The lowest BCUT2D eigenvalue weighted by Gasteiger charge is -2.19. The predicted octanol–water partition coefficient (Wildman–Crippen LogP) is 1.60. The molecule has 0 spiro atoms. The second kappa shape index (κ2) is 5.90. The van der Waals surface area contributed by atoms with Crippen molar-refractivity contribution in [2.45, 2.75) is 13.5 Å². The Morgan fingerprint density at radius 3 is 2.53 bits per heavy atom. The quantitative estimate of drug-likeness (QED) is 0.877. The summed E-state index contributed by atoms with van der Waals surface area (Å²) in [5, 5.41) is 8.80. The van der Waals surface area contributed by atoms with Crippen LogP contribution in [0.2, 0.25) is 0 Å². The number of hydrogen-bond acceptors (Lipinski definition) is 5. The topological polar surface area (TPSA) is 79.2 Å². The van der Waals surface area contributed by atoms with Crippen molar-refractivity contribution < 1.29 is 9.90 Å². The zero-order valence-corrected chi connectivity index (χ0v) is 10.5. The summed E-state index contributed by atoms with van der Waals surface area (Å²) in [5.41, 5.74) is 0.993. The fourth-order valence-electron chi connectivity index (χ4n) is 1.61. The second-order valence-corrected chi connectivity index (χ2v) is 3.91. The molecule has 0 amide bonds. The fraction of sp³-hybridized carbons (Fsp3) is 0.231. The maximum atomic E-state index is 10.7. The molecule has 6 heteroatoms. The van der Waals surface area contributed by atoms with E-state index in [2.05, 4.69) is 15.0 Å². The first-order valence-corrected chi connectivity index (χ1v) is 5.91. The summed E-state index contributed by atoms with van der Waals surface area (Å²) >= 11 is 0. The molecule has 0 aliphatic heterocycles. The molecule has 0 radical (unpaired) electrons. The number of pyridine rings is 1. The van der Waals surface area contributed by atoms with E-state index in [4.69, 9.17) is 5.11 Å². The molecular weight excluding hydrogens is 244 g/mol. The Hall–Kier alpha value is -2.50. The molecule has 0 fully saturated rings. The number of carboxylic acid groups (broad SMARTS) is 1. The monoisotopic (exact) mass is 258 g/mol. The van der Waals surface area contributed by atoms with E-state index < -0.39 is 5.97 Å². The van der Waals surface area contributed by atoms with Gasteiger partial charge in [0, 0.05) is 25.1 Å². The van der Waals surface area contributed by atoms with E-state index in [1.54, 1.807) is 6.20 Å². The van der Waals surface area contributed by atoms with Crippen LogP contribution in [-0.4, -0.2) is 32.6 Å². The van der Waals surface area contributed by atoms with Gasteiger partial charge in [-0.25, -0.2) is 14.8 Å². The molecule has 1 N–H and O–H groups in total. The van der Waals surface area contributed by atoms with Gasteiger partial charge in [0.2, 0.25) is 5.95 Å². The Labute approximate surface area is 110 Å². The van der Waals surface area contributed by atoms with Crippen molar-refractivity contribution in [2.75, 3.05) is 11.4 Å². The van der Waals surface area contributed by atoms with Crippen molar-refractivity contribution in [3.63, 3.8) is 0 Å². The van der Waals surface area contributed by atoms with Gasteiger partial charge in [0.25, 0.3) is 0 Å². The molecule has 2 aromatic heterocycles. The van der Waals surface area contributed by atoms with Crippen LogP contribution in [0.5, 0.6) is 0 Å². The predicted molar refractivity (Wildman–Crippen MR) is 70.0 cm³/mol. The van der Waals surface area contributed by atoms with E-state index in [1.165, 1.54) is 12.4 Å². The minimum absolute atomic E-state index is 0.0811. The summed E-state index contributed by atoms with van der Waals surface area (Å²) in [7, 11) is 0. The van der Waals surface area contributed by atoms with Gasteiger partial charge in [-0.3, -0.25) is 4.98 Å². The van der Waals surface area contributed by atoms with Gasteiger partial charge in [-0.05, 0) is 19.1 Å². The number of aromatic nitrogens is 3. The summed E-state index contributed by atoms with van der Waals surface area (Å²) in [5.74, 6) is -0.530. The fourth-order valence-corrected chi connectivity index (χ4v) is 1.61. The zero-order valence-electron chi connectivity index (χ0n) is 10.5. The minimum atomic E-state index is -1.03. The molecule has 0 aliphatic carbocycles. The van der Waals surface area contributed by atoms with Gasteiger partial charge in [0.05, 0.1) is 17.8 Å². The SMILES string of the molecule is CCN(Cc1ccccn1)c1ncc(C(=O)O)cn1. The van der Waals surface area contributed by atoms with Crippen LogP contribution in [0.1, 0.15) is 23.0 Å². The molecule has 0 atom stereocenters. The highest BCUT2D eigenvalue weighted by atomic mass is 16.4. The summed E-state index contributed by atoms with van der Waals surface area (Å²) in [6.45, 7) is 3.28. The molecular formula is C13H14N4O2. The van der Waals surface area contributed by atoms with E-state index in [0.717, 1.165) is 5.69 Å². The van der Waals surface area contributed by atoms with Crippen molar-refractivity contribution in [3.8, 4) is 0 Å². The lowest BCUT2D eigenvalue weighted by atomic mass is 10.3. The second-order valence-electron chi connectivity index (χ2n) is 3.91. The summed E-state index contributed by atoms with van der Waals surface area (Å²) in [6, 6.07) is 5.71. The smallest absolute Gasteiger partial charge is 0.338 e. The van der Waals surface area contributed by atoms with Gasteiger partial charge < -0.3 is 10.0 Å². The summed E-state index contributed by atoms with van der Waals surface area (Å²) in [4.78, 5) is 25.1. The first kappa shape index (κ1) is 12.9. The van der Waals surface area contributed by atoms with Gasteiger partial charge in [0.1, 0.15) is 0 Å².